The van der Waals surface area contributed by atoms with E-state index in [2.05, 4.69) is 5.32 Å². The highest BCUT2D eigenvalue weighted by Crippen LogP contribution is 2.25. The van der Waals surface area contributed by atoms with Crippen molar-refractivity contribution in [2.75, 3.05) is 31.8 Å². The number of nitrogens with zero attached hydrogens (tertiary/aromatic N) is 1. The highest BCUT2D eigenvalue weighted by molar-refractivity contribution is 7.89. The van der Waals surface area contributed by atoms with E-state index in [1.807, 2.05) is 6.92 Å². The Morgan fingerprint density at radius 3 is 2.58 bits per heavy atom. The highest BCUT2D eigenvalue weighted by atomic mass is 32.2. The number of nitrogens with one attached hydrogen (secondary N) is 1. The number of anilines is 2. The highest BCUT2D eigenvalue weighted by Gasteiger charge is 2.18. The van der Waals surface area contributed by atoms with Crippen molar-refractivity contribution in [1.29, 1.82) is 0 Å². The lowest BCUT2D eigenvalue weighted by molar-refractivity contribution is 0.282. The van der Waals surface area contributed by atoms with Gasteiger partial charge in [-0.25, -0.2) is 12.7 Å². The molecule has 0 aliphatic carbocycles. The van der Waals surface area contributed by atoms with Crippen LogP contribution in [0.15, 0.2) is 23.1 Å². The first-order chi connectivity index (χ1) is 8.78. The number of aliphatic hydroxyl groups excluding tert-OH is 1. The summed E-state index contributed by atoms with van der Waals surface area (Å²) in [6, 6.07) is 4.56. The Balaban J connectivity index is 3.08. The van der Waals surface area contributed by atoms with Gasteiger partial charge in [0.25, 0.3) is 0 Å². The third-order valence-corrected chi connectivity index (χ3v) is 4.58. The standard InChI is InChI=1S/C12H21N3O3S/c1-9(6-7-16)14-12-8-10(4-5-11(12)13)19(17,18)15(2)3/h4-5,8-9,14,16H,6-7,13H2,1-3H3. The molecule has 1 aromatic rings. The Morgan fingerprint density at radius 1 is 1.42 bits per heavy atom. The van der Waals surface area contributed by atoms with Crippen LogP contribution in [0, 0.1) is 0 Å². The topological polar surface area (TPSA) is 95.7 Å². The van der Waals surface area contributed by atoms with Crippen LogP contribution in [0.1, 0.15) is 13.3 Å². The molecule has 1 rings (SSSR count). The Morgan fingerprint density at radius 2 is 2.05 bits per heavy atom. The van der Waals surface area contributed by atoms with E-state index in [-0.39, 0.29) is 17.5 Å². The van der Waals surface area contributed by atoms with Crippen LogP contribution in [0.25, 0.3) is 0 Å². The summed E-state index contributed by atoms with van der Waals surface area (Å²) in [6.45, 7) is 1.95. The fourth-order valence-corrected chi connectivity index (χ4v) is 2.49. The van der Waals surface area contributed by atoms with Crippen LogP contribution in [-0.2, 0) is 10.0 Å². The van der Waals surface area contributed by atoms with Gasteiger partial charge in [0.2, 0.25) is 10.0 Å². The molecule has 1 atom stereocenters. The molecule has 0 spiro atoms. The third-order valence-electron chi connectivity index (χ3n) is 2.77. The van der Waals surface area contributed by atoms with Gasteiger partial charge in [-0.3, -0.25) is 0 Å². The molecular weight excluding hydrogens is 266 g/mol. The maximum atomic E-state index is 12.0. The molecule has 0 saturated heterocycles. The molecule has 0 aliphatic heterocycles. The van der Waals surface area contributed by atoms with Crippen molar-refractivity contribution in [2.24, 2.45) is 0 Å². The Hall–Kier alpha value is -1.31. The number of rotatable bonds is 6. The summed E-state index contributed by atoms with van der Waals surface area (Å²) in [5, 5.41) is 12.0. The van der Waals surface area contributed by atoms with Gasteiger partial charge in [-0.15, -0.1) is 0 Å². The quantitative estimate of drug-likeness (QED) is 0.669. The first-order valence-corrected chi connectivity index (χ1v) is 7.42. The van der Waals surface area contributed by atoms with Crippen LogP contribution >= 0.6 is 0 Å². The first-order valence-electron chi connectivity index (χ1n) is 5.98. The van der Waals surface area contributed by atoms with Gasteiger partial charge >= 0.3 is 0 Å². The van der Waals surface area contributed by atoms with Crippen LogP contribution in [0.5, 0.6) is 0 Å². The van der Waals surface area contributed by atoms with Crippen molar-refractivity contribution in [1.82, 2.24) is 4.31 Å². The van der Waals surface area contributed by atoms with Gasteiger partial charge in [0, 0.05) is 26.7 Å². The molecule has 108 valence electrons. The lowest BCUT2D eigenvalue weighted by Crippen LogP contribution is -2.23. The molecule has 0 saturated carbocycles. The minimum absolute atomic E-state index is 0.00427. The largest absolute Gasteiger partial charge is 0.397 e. The van der Waals surface area contributed by atoms with E-state index >= 15 is 0 Å². The SMILES string of the molecule is CC(CCO)Nc1cc(S(=O)(=O)N(C)C)ccc1N. The summed E-state index contributed by atoms with van der Waals surface area (Å²) in [7, 11) is -0.517. The third kappa shape index (κ3) is 3.82. The zero-order valence-electron chi connectivity index (χ0n) is 11.4. The number of nitrogen functional groups attached to an aromatic ring is 1. The van der Waals surface area contributed by atoms with Gasteiger partial charge in [0.15, 0.2) is 0 Å². The van der Waals surface area contributed by atoms with E-state index in [1.54, 1.807) is 6.07 Å². The van der Waals surface area contributed by atoms with E-state index in [9.17, 15) is 8.42 Å². The maximum absolute atomic E-state index is 12.0. The average Bonchev–Trinajstić information content (AvgIpc) is 2.31. The minimum atomic E-state index is -3.48. The lowest BCUT2D eigenvalue weighted by atomic mass is 10.2. The van der Waals surface area contributed by atoms with Crippen LogP contribution in [0.4, 0.5) is 11.4 Å². The van der Waals surface area contributed by atoms with Gasteiger partial charge in [-0.1, -0.05) is 0 Å². The van der Waals surface area contributed by atoms with Crippen molar-refractivity contribution in [3.05, 3.63) is 18.2 Å². The van der Waals surface area contributed by atoms with Crippen molar-refractivity contribution in [3.8, 4) is 0 Å². The zero-order chi connectivity index (χ0) is 14.6. The Labute approximate surface area is 114 Å². The summed E-state index contributed by atoms with van der Waals surface area (Å²) in [5.41, 5.74) is 6.85. The van der Waals surface area contributed by atoms with Crippen LogP contribution in [0.2, 0.25) is 0 Å². The molecule has 6 nitrogen and oxygen atoms in total. The van der Waals surface area contributed by atoms with E-state index < -0.39 is 10.0 Å². The second kappa shape index (κ2) is 6.23. The summed E-state index contributed by atoms with van der Waals surface area (Å²) in [5.74, 6) is 0. The van der Waals surface area contributed by atoms with Crippen molar-refractivity contribution < 1.29 is 13.5 Å². The summed E-state index contributed by atoms with van der Waals surface area (Å²) >= 11 is 0. The van der Waals surface area contributed by atoms with E-state index in [4.69, 9.17) is 10.8 Å². The molecule has 4 N–H and O–H groups in total. The average molecular weight is 287 g/mol. The van der Waals surface area contributed by atoms with Crippen molar-refractivity contribution >= 4 is 21.4 Å². The number of hydrogen-bond acceptors (Lipinski definition) is 5. The normalized spacial score (nSPS) is 13.5. The maximum Gasteiger partial charge on any atom is 0.242 e. The molecule has 7 heteroatoms. The van der Waals surface area contributed by atoms with Gasteiger partial charge in [-0.2, -0.15) is 0 Å². The van der Waals surface area contributed by atoms with E-state index in [1.165, 1.54) is 26.2 Å². The number of hydrogen-bond donors (Lipinski definition) is 3. The first kappa shape index (κ1) is 15.7. The number of aliphatic hydroxyl groups is 1. The molecule has 0 fully saturated rings. The van der Waals surface area contributed by atoms with Crippen LogP contribution in [0.3, 0.4) is 0 Å². The van der Waals surface area contributed by atoms with E-state index in [0.29, 0.717) is 17.8 Å². The second-order valence-corrected chi connectivity index (χ2v) is 6.75. The molecule has 1 aromatic carbocycles. The molecule has 0 aliphatic rings. The van der Waals surface area contributed by atoms with Gasteiger partial charge in [0.05, 0.1) is 16.3 Å². The predicted molar refractivity (Wildman–Crippen MR) is 76.5 cm³/mol. The zero-order valence-corrected chi connectivity index (χ0v) is 12.2. The molecule has 0 amide bonds. The molecule has 0 aromatic heterocycles. The molecule has 0 heterocycles. The minimum Gasteiger partial charge on any atom is -0.397 e. The lowest BCUT2D eigenvalue weighted by Gasteiger charge is -2.18. The predicted octanol–water partition coefficient (Wildman–Crippen LogP) is 0.702. The van der Waals surface area contributed by atoms with Crippen molar-refractivity contribution in [3.63, 3.8) is 0 Å². The fourth-order valence-electron chi connectivity index (χ4n) is 1.56. The fraction of sp³-hybridized carbons (Fsp3) is 0.500. The van der Waals surface area contributed by atoms with Gasteiger partial charge < -0.3 is 16.2 Å². The molecule has 19 heavy (non-hydrogen) atoms. The second-order valence-electron chi connectivity index (χ2n) is 4.59. The molecule has 0 radical (unpaired) electrons. The van der Waals surface area contributed by atoms with E-state index in [0.717, 1.165) is 4.31 Å². The number of nitrogens with two attached hydrogens (primary N) is 1. The summed E-state index contributed by atoms with van der Waals surface area (Å²) in [6.07, 6.45) is 0.560. The number of benzene rings is 1. The Kier molecular flexibility index (Phi) is 5.16. The van der Waals surface area contributed by atoms with Crippen molar-refractivity contribution in [2.45, 2.75) is 24.3 Å². The van der Waals surface area contributed by atoms with Gasteiger partial charge in [0.1, 0.15) is 0 Å². The summed E-state index contributed by atoms with van der Waals surface area (Å²) in [4.78, 5) is 0.186. The van der Waals surface area contributed by atoms with Gasteiger partial charge in [-0.05, 0) is 31.5 Å². The molecule has 1 unspecified atom stereocenters. The summed E-state index contributed by atoms with van der Waals surface area (Å²) < 4.78 is 25.2. The van der Waals surface area contributed by atoms with Crippen LogP contribution in [-0.4, -0.2) is 44.6 Å². The number of sulfonamides is 1. The monoisotopic (exact) mass is 287 g/mol. The van der Waals surface area contributed by atoms with Crippen LogP contribution < -0.4 is 11.1 Å². The Bertz CT molecular complexity index is 529. The molecule has 0 bridgehead atoms. The smallest absolute Gasteiger partial charge is 0.242 e. The molecular formula is C12H21N3O3S.